The lowest BCUT2D eigenvalue weighted by molar-refractivity contribution is 0.265. The first-order valence-electron chi connectivity index (χ1n) is 9.15. The van der Waals surface area contributed by atoms with Crippen molar-refractivity contribution in [3.8, 4) is 0 Å². The summed E-state index contributed by atoms with van der Waals surface area (Å²) in [5.74, 6) is 0. The van der Waals surface area contributed by atoms with E-state index in [0.29, 0.717) is 11.4 Å². The Kier molecular flexibility index (Phi) is 5.92. The van der Waals surface area contributed by atoms with Gasteiger partial charge in [0.05, 0.1) is 4.90 Å². The number of nitrogens with zero attached hydrogens (tertiary/aromatic N) is 2. The molecule has 1 N–H and O–H groups in total. The van der Waals surface area contributed by atoms with Crippen LogP contribution in [0.25, 0.3) is 0 Å². The monoisotopic (exact) mass is 351 g/mol. The molecule has 0 spiro atoms. The zero-order valence-electron chi connectivity index (χ0n) is 14.6. The summed E-state index contributed by atoms with van der Waals surface area (Å²) >= 11 is 0. The summed E-state index contributed by atoms with van der Waals surface area (Å²) < 4.78 is 28.5. The molecule has 134 valence electrons. The Balaban J connectivity index is 1.84. The number of sulfonamides is 1. The molecule has 2 aliphatic heterocycles. The van der Waals surface area contributed by atoms with Gasteiger partial charge >= 0.3 is 0 Å². The van der Waals surface area contributed by atoms with Gasteiger partial charge in [0.2, 0.25) is 10.0 Å². The smallest absolute Gasteiger partial charge is 0.243 e. The largest absolute Gasteiger partial charge is 0.315 e. The van der Waals surface area contributed by atoms with Crippen LogP contribution in [0.15, 0.2) is 29.2 Å². The molecule has 2 heterocycles. The van der Waals surface area contributed by atoms with Gasteiger partial charge in [-0.3, -0.25) is 0 Å². The van der Waals surface area contributed by atoms with Gasteiger partial charge < -0.3 is 10.2 Å². The zero-order chi connectivity index (χ0) is 17.0. The van der Waals surface area contributed by atoms with Gasteiger partial charge in [-0.05, 0) is 56.9 Å². The van der Waals surface area contributed by atoms with E-state index in [0.717, 1.165) is 51.1 Å². The average molecular weight is 352 g/mol. The lowest BCUT2D eigenvalue weighted by atomic mass is 10.2. The third kappa shape index (κ3) is 3.82. The van der Waals surface area contributed by atoms with E-state index in [9.17, 15) is 8.42 Å². The van der Waals surface area contributed by atoms with E-state index in [-0.39, 0.29) is 6.04 Å². The lowest BCUT2D eigenvalue weighted by Gasteiger charge is -2.30. The van der Waals surface area contributed by atoms with Crippen LogP contribution in [-0.4, -0.2) is 62.9 Å². The molecule has 3 rings (SSSR count). The van der Waals surface area contributed by atoms with Crippen molar-refractivity contribution in [1.82, 2.24) is 14.5 Å². The number of nitrogens with one attached hydrogen (secondary N) is 1. The van der Waals surface area contributed by atoms with Gasteiger partial charge in [-0.25, -0.2) is 8.42 Å². The molecule has 0 radical (unpaired) electrons. The first-order valence-corrected chi connectivity index (χ1v) is 10.6. The van der Waals surface area contributed by atoms with Gasteiger partial charge in [0.15, 0.2) is 0 Å². The number of aryl methyl sites for hydroxylation is 1. The maximum atomic E-state index is 13.4. The van der Waals surface area contributed by atoms with E-state index in [1.807, 2.05) is 25.1 Å². The van der Waals surface area contributed by atoms with Crippen molar-refractivity contribution in [2.45, 2.75) is 43.5 Å². The van der Waals surface area contributed by atoms with Crippen LogP contribution in [0.1, 0.15) is 31.7 Å². The van der Waals surface area contributed by atoms with Crippen LogP contribution in [0.2, 0.25) is 0 Å². The summed E-state index contributed by atoms with van der Waals surface area (Å²) in [5.41, 5.74) is 0.912. The van der Waals surface area contributed by atoms with E-state index >= 15 is 0 Å². The van der Waals surface area contributed by atoms with Crippen LogP contribution in [0.5, 0.6) is 0 Å². The van der Waals surface area contributed by atoms with Crippen molar-refractivity contribution in [3.63, 3.8) is 0 Å². The molecule has 5 nitrogen and oxygen atoms in total. The van der Waals surface area contributed by atoms with Crippen LogP contribution >= 0.6 is 0 Å². The molecule has 0 saturated carbocycles. The first kappa shape index (κ1) is 17.9. The van der Waals surface area contributed by atoms with Crippen LogP contribution in [0.3, 0.4) is 0 Å². The molecule has 24 heavy (non-hydrogen) atoms. The fraction of sp³-hybridized carbons (Fsp3) is 0.667. The van der Waals surface area contributed by atoms with E-state index in [2.05, 4.69) is 10.2 Å². The highest BCUT2D eigenvalue weighted by molar-refractivity contribution is 7.89. The van der Waals surface area contributed by atoms with Gasteiger partial charge in [0, 0.05) is 25.7 Å². The van der Waals surface area contributed by atoms with Gasteiger partial charge in [-0.2, -0.15) is 4.31 Å². The second kappa shape index (κ2) is 7.95. The second-order valence-corrected chi connectivity index (χ2v) is 8.63. The molecule has 0 aliphatic carbocycles. The zero-order valence-corrected chi connectivity index (χ0v) is 15.4. The minimum absolute atomic E-state index is 0.0718. The Morgan fingerprint density at radius 3 is 2.67 bits per heavy atom. The predicted molar refractivity (Wildman–Crippen MR) is 96.7 cm³/mol. The molecule has 2 fully saturated rings. The van der Waals surface area contributed by atoms with Gasteiger partial charge in [-0.1, -0.05) is 25.1 Å². The third-order valence-electron chi connectivity index (χ3n) is 5.22. The van der Waals surface area contributed by atoms with Crippen LogP contribution in [-0.2, 0) is 16.4 Å². The average Bonchev–Trinajstić information content (AvgIpc) is 3.28. The van der Waals surface area contributed by atoms with E-state index in [4.69, 9.17) is 0 Å². The summed E-state index contributed by atoms with van der Waals surface area (Å²) in [6, 6.07) is 7.52. The molecule has 0 bridgehead atoms. The van der Waals surface area contributed by atoms with Crippen molar-refractivity contribution in [1.29, 1.82) is 0 Å². The highest BCUT2D eigenvalue weighted by atomic mass is 32.2. The molecule has 0 aromatic heterocycles. The molecule has 2 aliphatic rings. The molecule has 1 atom stereocenters. The maximum Gasteiger partial charge on any atom is 0.243 e. The number of rotatable bonds is 7. The lowest BCUT2D eigenvalue weighted by Crippen LogP contribution is -2.45. The highest BCUT2D eigenvalue weighted by Gasteiger charge is 2.34. The molecule has 2 saturated heterocycles. The molecule has 1 unspecified atom stereocenters. The molecule has 1 aromatic rings. The van der Waals surface area contributed by atoms with Crippen molar-refractivity contribution >= 4 is 10.0 Å². The molecular formula is C18H29N3O2S. The normalized spacial score (nSPS) is 22.5. The Morgan fingerprint density at radius 1 is 1.25 bits per heavy atom. The van der Waals surface area contributed by atoms with Crippen molar-refractivity contribution in [2.75, 3.05) is 39.3 Å². The third-order valence-corrected chi connectivity index (χ3v) is 7.27. The van der Waals surface area contributed by atoms with Crippen LogP contribution in [0, 0.1) is 0 Å². The second-order valence-electron chi connectivity index (χ2n) is 6.77. The number of hydrogen-bond acceptors (Lipinski definition) is 4. The van der Waals surface area contributed by atoms with Crippen molar-refractivity contribution < 1.29 is 8.42 Å². The fourth-order valence-corrected chi connectivity index (χ4v) is 5.75. The number of likely N-dealkylation sites (tertiary alicyclic amines) is 1. The minimum Gasteiger partial charge on any atom is -0.315 e. The summed E-state index contributed by atoms with van der Waals surface area (Å²) in [6.07, 6.45) is 4.10. The predicted octanol–water partition coefficient (Wildman–Crippen LogP) is 1.70. The SMILES string of the molecule is CCc1ccccc1S(=O)(=O)N(CCN1CCCC1)C1CCNC1. The van der Waals surface area contributed by atoms with E-state index in [1.54, 1.807) is 10.4 Å². The van der Waals surface area contributed by atoms with E-state index in [1.165, 1.54) is 12.8 Å². The summed E-state index contributed by atoms with van der Waals surface area (Å²) in [5, 5.41) is 3.31. The standard InChI is InChI=1S/C18H29N3O2S/c1-2-16-7-3-4-8-18(16)24(22,23)21(17-9-10-19-15-17)14-13-20-11-5-6-12-20/h3-4,7-8,17,19H,2,5-6,9-15H2,1H3. The van der Waals surface area contributed by atoms with E-state index < -0.39 is 10.0 Å². The highest BCUT2D eigenvalue weighted by Crippen LogP contribution is 2.24. The minimum atomic E-state index is -3.45. The van der Waals surface area contributed by atoms with Crippen molar-refractivity contribution in [2.24, 2.45) is 0 Å². The summed E-state index contributed by atoms with van der Waals surface area (Å²) in [4.78, 5) is 2.87. The topological polar surface area (TPSA) is 52.7 Å². The van der Waals surface area contributed by atoms with Gasteiger partial charge in [0.25, 0.3) is 0 Å². The Bertz CT molecular complexity index is 635. The Labute approximate surface area is 146 Å². The fourth-order valence-electron chi connectivity index (χ4n) is 3.80. The number of benzene rings is 1. The number of hydrogen-bond donors (Lipinski definition) is 1. The molecule has 0 amide bonds. The van der Waals surface area contributed by atoms with Crippen LogP contribution in [0.4, 0.5) is 0 Å². The Morgan fingerprint density at radius 2 is 2.00 bits per heavy atom. The molecule has 6 heteroatoms. The maximum absolute atomic E-state index is 13.4. The molecule has 1 aromatic carbocycles. The summed E-state index contributed by atoms with van der Waals surface area (Å²) in [7, 11) is -3.45. The van der Waals surface area contributed by atoms with Crippen molar-refractivity contribution in [3.05, 3.63) is 29.8 Å². The quantitative estimate of drug-likeness (QED) is 0.812. The first-order chi connectivity index (χ1) is 11.6. The van der Waals surface area contributed by atoms with Gasteiger partial charge in [0.1, 0.15) is 0 Å². The summed E-state index contributed by atoms with van der Waals surface area (Å²) in [6.45, 7) is 7.30. The molecular weight excluding hydrogens is 322 g/mol. The Hall–Kier alpha value is -0.950. The van der Waals surface area contributed by atoms with Gasteiger partial charge in [-0.15, -0.1) is 0 Å². The van der Waals surface area contributed by atoms with Crippen LogP contribution < -0.4 is 5.32 Å².